The smallest absolute Gasteiger partial charge is 0.319 e. The molecule has 0 aromatic heterocycles. The minimum atomic E-state index is -0.394. The average molecular weight is 369 g/mol. The maximum Gasteiger partial charge on any atom is 0.319 e. The largest absolute Gasteiger partial charge is 0.378 e. The SMILES string of the molecule is CN(C)c1ccc([C@@H]2NC(=O)NC3=C2C(=O)N(CCN2CCCC2)C3)cc1. The van der Waals surface area contributed by atoms with E-state index in [4.69, 9.17) is 0 Å². The van der Waals surface area contributed by atoms with E-state index in [1.165, 1.54) is 12.8 Å². The summed E-state index contributed by atoms with van der Waals surface area (Å²) in [5.41, 5.74) is 3.43. The summed E-state index contributed by atoms with van der Waals surface area (Å²) >= 11 is 0. The molecule has 7 nitrogen and oxygen atoms in total. The van der Waals surface area contributed by atoms with Crippen LogP contribution in [0.25, 0.3) is 0 Å². The Morgan fingerprint density at radius 2 is 1.78 bits per heavy atom. The van der Waals surface area contributed by atoms with Crippen LogP contribution in [0.5, 0.6) is 0 Å². The molecule has 3 aliphatic rings. The molecule has 2 N–H and O–H groups in total. The Balaban J connectivity index is 1.52. The van der Waals surface area contributed by atoms with Gasteiger partial charge in [-0.05, 0) is 43.6 Å². The van der Waals surface area contributed by atoms with Crippen LogP contribution in [-0.2, 0) is 4.79 Å². The van der Waals surface area contributed by atoms with Gasteiger partial charge in [-0.3, -0.25) is 4.79 Å². The van der Waals surface area contributed by atoms with Crippen molar-refractivity contribution < 1.29 is 9.59 Å². The van der Waals surface area contributed by atoms with Gasteiger partial charge in [-0.2, -0.15) is 0 Å². The van der Waals surface area contributed by atoms with Gasteiger partial charge in [0, 0.05) is 32.9 Å². The van der Waals surface area contributed by atoms with Crippen LogP contribution in [0, 0.1) is 0 Å². The second-order valence-corrected chi connectivity index (χ2v) is 7.69. The molecular formula is C20H27N5O2. The molecule has 4 rings (SSSR count). The molecule has 1 fully saturated rings. The van der Waals surface area contributed by atoms with E-state index in [2.05, 4.69) is 15.5 Å². The number of rotatable bonds is 5. The number of likely N-dealkylation sites (tertiary alicyclic amines) is 1. The van der Waals surface area contributed by atoms with Gasteiger partial charge in [0.1, 0.15) is 0 Å². The Kier molecular flexibility index (Phi) is 4.78. The predicted molar refractivity (Wildman–Crippen MR) is 104 cm³/mol. The maximum absolute atomic E-state index is 13.1. The minimum Gasteiger partial charge on any atom is -0.378 e. The van der Waals surface area contributed by atoms with Crippen molar-refractivity contribution in [2.75, 3.05) is 51.7 Å². The number of hydrogen-bond donors (Lipinski definition) is 2. The van der Waals surface area contributed by atoms with Crippen LogP contribution >= 0.6 is 0 Å². The number of hydrogen-bond acceptors (Lipinski definition) is 4. The molecule has 0 radical (unpaired) electrons. The molecule has 144 valence electrons. The molecule has 3 amide bonds. The summed E-state index contributed by atoms with van der Waals surface area (Å²) in [4.78, 5) is 31.5. The average Bonchev–Trinajstić information content (AvgIpc) is 3.27. The van der Waals surface area contributed by atoms with Crippen molar-refractivity contribution in [1.82, 2.24) is 20.4 Å². The van der Waals surface area contributed by atoms with E-state index in [1.54, 1.807) is 0 Å². The van der Waals surface area contributed by atoms with E-state index >= 15 is 0 Å². The molecule has 0 bridgehead atoms. The first-order valence-corrected chi connectivity index (χ1v) is 9.62. The van der Waals surface area contributed by atoms with E-state index in [0.29, 0.717) is 18.7 Å². The molecular weight excluding hydrogens is 342 g/mol. The number of benzene rings is 1. The van der Waals surface area contributed by atoms with Crippen LogP contribution in [0.15, 0.2) is 35.5 Å². The Bertz CT molecular complexity index is 765. The number of urea groups is 1. The Morgan fingerprint density at radius 1 is 1.07 bits per heavy atom. The second kappa shape index (κ2) is 7.23. The normalized spacial score (nSPS) is 22.7. The molecule has 0 aliphatic carbocycles. The zero-order valence-electron chi connectivity index (χ0n) is 16.0. The summed E-state index contributed by atoms with van der Waals surface area (Å²) in [5.74, 6) is 0.0263. The van der Waals surface area contributed by atoms with Gasteiger partial charge in [0.2, 0.25) is 0 Å². The van der Waals surface area contributed by atoms with E-state index in [9.17, 15) is 9.59 Å². The first kappa shape index (κ1) is 17.9. The zero-order valence-corrected chi connectivity index (χ0v) is 16.0. The molecule has 1 aromatic rings. The van der Waals surface area contributed by atoms with Gasteiger partial charge >= 0.3 is 6.03 Å². The highest BCUT2D eigenvalue weighted by Crippen LogP contribution is 2.33. The van der Waals surface area contributed by atoms with Crippen molar-refractivity contribution in [3.63, 3.8) is 0 Å². The Morgan fingerprint density at radius 3 is 2.44 bits per heavy atom. The highest BCUT2D eigenvalue weighted by molar-refractivity contribution is 6.01. The summed E-state index contributed by atoms with van der Waals surface area (Å²) in [6, 6.07) is 7.34. The van der Waals surface area contributed by atoms with Gasteiger partial charge in [0.15, 0.2) is 0 Å². The molecule has 1 saturated heterocycles. The maximum atomic E-state index is 13.1. The van der Waals surface area contributed by atoms with Crippen molar-refractivity contribution in [1.29, 1.82) is 0 Å². The number of anilines is 1. The third-order valence-electron chi connectivity index (χ3n) is 5.65. The third-order valence-corrected chi connectivity index (χ3v) is 5.65. The highest BCUT2D eigenvalue weighted by atomic mass is 16.2. The fourth-order valence-electron chi connectivity index (χ4n) is 4.09. The summed E-state index contributed by atoms with van der Waals surface area (Å²) in [6.07, 6.45) is 2.49. The second-order valence-electron chi connectivity index (χ2n) is 7.69. The molecule has 7 heteroatoms. The lowest BCUT2D eigenvalue weighted by Crippen LogP contribution is -2.44. The number of nitrogens with zero attached hydrogens (tertiary/aromatic N) is 3. The predicted octanol–water partition coefficient (Wildman–Crippen LogP) is 1.30. The van der Waals surface area contributed by atoms with E-state index < -0.39 is 6.04 Å². The summed E-state index contributed by atoms with van der Waals surface area (Å²) in [7, 11) is 3.97. The van der Waals surface area contributed by atoms with Crippen molar-refractivity contribution in [2.24, 2.45) is 0 Å². The van der Waals surface area contributed by atoms with Gasteiger partial charge < -0.3 is 25.3 Å². The Hall–Kier alpha value is -2.54. The highest BCUT2D eigenvalue weighted by Gasteiger charge is 2.40. The fraction of sp³-hybridized carbons (Fsp3) is 0.500. The number of nitrogens with one attached hydrogen (secondary N) is 2. The molecule has 0 unspecified atom stereocenters. The van der Waals surface area contributed by atoms with E-state index in [0.717, 1.165) is 36.6 Å². The van der Waals surface area contributed by atoms with Crippen LogP contribution in [-0.4, -0.2) is 68.6 Å². The molecule has 27 heavy (non-hydrogen) atoms. The monoisotopic (exact) mass is 369 g/mol. The third kappa shape index (κ3) is 3.51. The van der Waals surface area contributed by atoms with Gasteiger partial charge in [0.25, 0.3) is 5.91 Å². The lowest BCUT2D eigenvalue weighted by Gasteiger charge is -2.26. The van der Waals surface area contributed by atoms with Crippen molar-refractivity contribution in [3.8, 4) is 0 Å². The zero-order chi connectivity index (χ0) is 19.0. The standard InChI is InChI=1S/C20H27N5O2/c1-23(2)15-7-5-14(6-8-15)18-17-16(21-20(27)22-18)13-25(19(17)26)12-11-24-9-3-4-10-24/h5-8,18H,3-4,9-13H2,1-2H3,(H2,21,22,27)/t18-/m0/s1. The van der Waals surface area contributed by atoms with Crippen molar-refractivity contribution in [3.05, 3.63) is 41.1 Å². The van der Waals surface area contributed by atoms with E-state index in [1.807, 2.05) is 48.2 Å². The van der Waals surface area contributed by atoms with Gasteiger partial charge in [-0.15, -0.1) is 0 Å². The lowest BCUT2D eigenvalue weighted by atomic mass is 9.96. The van der Waals surface area contributed by atoms with E-state index in [-0.39, 0.29) is 11.9 Å². The van der Waals surface area contributed by atoms with Crippen LogP contribution in [0.3, 0.4) is 0 Å². The molecule has 1 aromatic carbocycles. The summed E-state index contributed by atoms with van der Waals surface area (Å²) < 4.78 is 0. The summed E-state index contributed by atoms with van der Waals surface area (Å²) in [6.45, 7) is 4.33. The van der Waals surface area contributed by atoms with Gasteiger partial charge in [0.05, 0.1) is 23.9 Å². The van der Waals surface area contributed by atoms with Crippen LogP contribution < -0.4 is 15.5 Å². The molecule has 3 heterocycles. The van der Waals surface area contributed by atoms with Crippen LogP contribution in [0.1, 0.15) is 24.4 Å². The quantitative estimate of drug-likeness (QED) is 0.821. The number of carbonyl (C=O) groups is 2. The Labute approximate surface area is 160 Å². The molecule has 0 spiro atoms. The van der Waals surface area contributed by atoms with Crippen molar-refractivity contribution >= 4 is 17.6 Å². The topological polar surface area (TPSA) is 67.9 Å². The van der Waals surface area contributed by atoms with Gasteiger partial charge in [-0.1, -0.05) is 12.1 Å². The van der Waals surface area contributed by atoms with Crippen LogP contribution in [0.2, 0.25) is 0 Å². The van der Waals surface area contributed by atoms with Gasteiger partial charge in [-0.25, -0.2) is 4.79 Å². The molecule has 3 aliphatic heterocycles. The summed E-state index contributed by atoms with van der Waals surface area (Å²) in [5, 5.41) is 5.76. The number of amides is 3. The number of carbonyl (C=O) groups excluding carboxylic acids is 2. The first-order chi connectivity index (χ1) is 13.0. The first-order valence-electron chi connectivity index (χ1n) is 9.62. The lowest BCUT2D eigenvalue weighted by molar-refractivity contribution is -0.126. The van der Waals surface area contributed by atoms with Crippen molar-refractivity contribution in [2.45, 2.75) is 18.9 Å². The minimum absolute atomic E-state index is 0.0263. The fourth-order valence-corrected chi connectivity index (χ4v) is 4.09. The molecule has 1 atom stereocenters. The van der Waals surface area contributed by atoms with Crippen LogP contribution in [0.4, 0.5) is 10.5 Å². The molecule has 0 saturated carbocycles.